The second-order valence-corrected chi connectivity index (χ2v) is 8.01. The molecule has 1 amide bonds. The van der Waals surface area contributed by atoms with E-state index in [2.05, 4.69) is 10.1 Å². The summed E-state index contributed by atoms with van der Waals surface area (Å²) in [7, 11) is -3.78. The van der Waals surface area contributed by atoms with E-state index in [1.54, 1.807) is 20.8 Å². The van der Waals surface area contributed by atoms with Crippen molar-refractivity contribution in [3.05, 3.63) is 53.6 Å². The van der Waals surface area contributed by atoms with Crippen LogP contribution in [-0.4, -0.2) is 38.1 Å². The molecule has 0 aliphatic carbocycles. The zero-order valence-electron chi connectivity index (χ0n) is 16.1. The average Bonchev–Trinajstić information content (AvgIpc) is 2.61. The third kappa shape index (κ3) is 5.70. The number of aryl methyl sites for hydroxylation is 1. The predicted molar refractivity (Wildman–Crippen MR) is 102 cm³/mol. The number of rotatable bonds is 7. The smallest absolute Gasteiger partial charge is 0.406 e. The quantitative estimate of drug-likeness (QED) is 0.715. The SMILES string of the molecule is CCN(CC)S(=O)(=O)c1cc(C(=O)Nc2cccc(OC(F)(F)F)c2)ccc1C. The van der Waals surface area contributed by atoms with Crippen molar-refractivity contribution in [3.63, 3.8) is 0 Å². The Morgan fingerprint density at radius 1 is 1.10 bits per heavy atom. The van der Waals surface area contributed by atoms with Crippen LogP contribution in [0.15, 0.2) is 47.4 Å². The van der Waals surface area contributed by atoms with Gasteiger partial charge in [-0.1, -0.05) is 26.0 Å². The van der Waals surface area contributed by atoms with Crippen molar-refractivity contribution in [2.45, 2.75) is 32.0 Å². The number of nitrogens with one attached hydrogen (secondary N) is 1. The number of ether oxygens (including phenoxy) is 1. The number of sulfonamides is 1. The van der Waals surface area contributed by atoms with Gasteiger partial charge in [0.2, 0.25) is 10.0 Å². The zero-order chi connectivity index (χ0) is 21.8. The lowest BCUT2D eigenvalue weighted by Gasteiger charge is -2.20. The van der Waals surface area contributed by atoms with E-state index in [1.165, 1.54) is 34.6 Å². The van der Waals surface area contributed by atoms with Crippen LogP contribution in [0.1, 0.15) is 29.8 Å². The van der Waals surface area contributed by atoms with E-state index in [-0.39, 0.29) is 29.2 Å². The van der Waals surface area contributed by atoms with Gasteiger partial charge in [0.25, 0.3) is 5.91 Å². The van der Waals surface area contributed by atoms with Crippen molar-refractivity contribution in [1.29, 1.82) is 0 Å². The fraction of sp³-hybridized carbons (Fsp3) is 0.316. The van der Waals surface area contributed by atoms with Crippen LogP contribution in [0, 0.1) is 6.92 Å². The highest BCUT2D eigenvalue weighted by Gasteiger charge is 2.31. The largest absolute Gasteiger partial charge is 0.573 e. The summed E-state index contributed by atoms with van der Waals surface area (Å²) in [4.78, 5) is 12.5. The number of amides is 1. The molecule has 0 aliphatic heterocycles. The lowest BCUT2D eigenvalue weighted by atomic mass is 10.1. The number of halogens is 3. The van der Waals surface area contributed by atoms with Crippen LogP contribution >= 0.6 is 0 Å². The molecule has 0 aliphatic rings. The van der Waals surface area contributed by atoms with Gasteiger partial charge >= 0.3 is 6.36 Å². The van der Waals surface area contributed by atoms with E-state index in [1.807, 2.05) is 0 Å². The number of hydrogen-bond acceptors (Lipinski definition) is 4. The number of anilines is 1. The number of carbonyl (C=O) groups excluding carboxylic acids is 1. The average molecular weight is 430 g/mol. The van der Waals surface area contributed by atoms with Crippen LogP contribution in [0.3, 0.4) is 0 Å². The molecule has 0 saturated heterocycles. The van der Waals surface area contributed by atoms with Crippen LogP contribution < -0.4 is 10.1 Å². The fourth-order valence-electron chi connectivity index (χ4n) is 2.70. The van der Waals surface area contributed by atoms with E-state index in [9.17, 15) is 26.4 Å². The third-order valence-corrected chi connectivity index (χ3v) is 6.29. The maximum atomic E-state index is 12.8. The topological polar surface area (TPSA) is 75.7 Å². The molecule has 0 aromatic heterocycles. The minimum absolute atomic E-state index is 0.00278. The zero-order valence-corrected chi connectivity index (χ0v) is 16.9. The minimum atomic E-state index is -4.85. The van der Waals surface area contributed by atoms with Gasteiger partial charge in [0.15, 0.2) is 0 Å². The second-order valence-electron chi connectivity index (χ2n) is 6.10. The van der Waals surface area contributed by atoms with Gasteiger partial charge in [-0.25, -0.2) is 8.42 Å². The molecule has 2 aromatic rings. The summed E-state index contributed by atoms with van der Waals surface area (Å²) < 4.78 is 67.7. The molecule has 0 atom stereocenters. The molecule has 0 radical (unpaired) electrons. The Morgan fingerprint density at radius 2 is 1.76 bits per heavy atom. The fourth-order valence-corrected chi connectivity index (χ4v) is 4.40. The molecule has 0 bridgehead atoms. The molecule has 2 rings (SSSR count). The summed E-state index contributed by atoms with van der Waals surface area (Å²) >= 11 is 0. The van der Waals surface area contributed by atoms with Gasteiger partial charge in [0, 0.05) is 30.4 Å². The van der Waals surface area contributed by atoms with Crippen LogP contribution in [0.25, 0.3) is 0 Å². The summed E-state index contributed by atoms with van der Waals surface area (Å²) in [5.74, 6) is -1.14. The first-order chi connectivity index (χ1) is 13.5. The van der Waals surface area contributed by atoms with Gasteiger partial charge in [-0.3, -0.25) is 4.79 Å². The van der Waals surface area contributed by atoms with Gasteiger partial charge in [-0.2, -0.15) is 4.31 Å². The van der Waals surface area contributed by atoms with Crippen molar-refractivity contribution < 1.29 is 31.1 Å². The first kappa shape index (κ1) is 22.7. The first-order valence-electron chi connectivity index (χ1n) is 8.76. The molecule has 158 valence electrons. The van der Waals surface area contributed by atoms with Crippen molar-refractivity contribution in [1.82, 2.24) is 4.31 Å². The Morgan fingerprint density at radius 3 is 2.34 bits per heavy atom. The van der Waals surface area contributed by atoms with Gasteiger partial charge in [0.05, 0.1) is 4.90 Å². The van der Waals surface area contributed by atoms with Crippen molar-refractivity contribution in [2.24, 2.45) is 0 Å². The van der Waals surface area contributed by atoms with E-state index in [4.69, 9.17) is 0 Å². The maximum Gasteiger partial charge on any atom is 0.573 e. The number of alkyl halides is 3. The normalized spacial score (nSPS) is 12.1. The number of benzene rings is 2. The van der Waals surface area contributed by atoms with Gasteiger partial charge in [-0.15, -0.1) is 13.2 Å². The van der Waals surface area contributed by atoms with Crippen LogP contribution in [0.2, 0.25) is 0 Å². The second kappa shape index (κ2) is 8.83. The molecular formula is C19H21F3N2O4S. The van der Waals surface area contributed by atoms with Crippen LogP contribution in [0.5, 0.6) is 5.75 Å². The Hall–Kier alpha value is -2.59. The Balaban J connectivity index is 2.30. The summed E-state index contributed by atoms with van der Waals surface area (Å²) in [6.45, 7) is 5.60. The highest BCUT2D eigenvalue weighted by molar-refractivity contribution is 7.89. The first-order valence-corrected chi connectivity index (χ1v) is 10.2. The molecule has 6 nitrogen and oxygen atoms in total. The van der Waals surface area contributed by atoms with E-state index >= 15 is 0 Å². The Kier molecular flexibility index (Phi) is 6.91. The Labute approximate surface area is 167 Å². The minimum Gasteiger partial charge on any atom is -0.406 e. The molecule has 0 fully saturated rings. The molecular weight excluding hydrogens is 409 g/mol. The van der Waals surface area contributed by atoms with Gasteiger partial charge in [-0.05, 0) is 36.8 Å². The molecule has 0 heterocycles. The standard InChI is InChI=1S/C19H21F3N2O4S/c1-4-24(5-2)29(26,27)17-11-14(10-9-13(17)3)18(25)23-15-7-6-8-16(12-15)28-19(20,21)22/h6-12H,4-5H2,1-3H3,(H,23,25). The summed E-state index contributed by atoms with van der Waals surface area (Å²) in [5.41, 5.74) is 0.614. The van der Waals surface area contributed by atoms with E-state index < -0.39 is 28.0 Å². The van der Waals surface area contributed by atoms with Gasteiger partial charge < -0.3 is 10.1 Å². The highest BCUT2D eigenvalue weighted by atomic mass is 32.2. The van der Waals surface area contributed by atoms with Crippen LogP contribution in [-0.2, 0) is 10.0 Å². The Bertz CT molecular complexity index is 987. The van der Waals surface area contributed by atoms with E-state index in [0.717, 1.165) is 12.1 Å². The number of hydrogen-bond donors (Lipinski definition) is 1. The molecule has 0 spiro atoms. The van der Waals surface area contributed by atoms with Crippen LogP contribution in [0.4, 0.5) is 18.9 Å². The summed E-state index contributed by atoms with van der Waals surface area (Å²) in [6.07, 6.45) is -4.85. The number of carbonyl (C=O) groups is 1. The monoisotopic (exact) mass is 430 g/mol. The summed E-state index contributed by atoms with van der Waals surface area (Å²) in [5, 5.41) is 2.44. The molecule has 2 aromatic carbocycles. The van der Waals surface area contributed by atoms with Crippen molar-refractivity contribution >= 4 is 21.6 Å². The molecule has 10 heteroatoms. The summed E-state index contributed by atoms with van der Waals surface area (Å²) in [6, 6.07) is 9.02. The molecule has 0 unspecified atom stereocenters. The lowest BCUT2D eigenvalue weighted by molar-refractivity contribution is -0.274. The molecule has 0 saturated carbocycles. The third-order valence-electron chi connectivity index (χ3n) is 4.10. The number of nitrogens with zero attached hydrogens (tertiary/aromatic N) is 1. The highest BCUT2D eigenvalue weighted by Crippen LogP contribution is 2.26. The molecule has 29 heavy (non-hydrogen) atoms. The predicted octanol–water partition coefficient (Wildman–Crippen LogP) is 4.18. The van der Waals surface area contributed by atoms with Gasteiger partial charge in [0.1, 0.15) is 5.75 Å². The van der Waals surface area contributed by atoms with E-state index in [0.29, 0.717) is 5.56 Å². The van der Waals surface area contributed by atoms with Crippen molar-refractivity contribution in [3.8, 4) is 5.75 Å². The maximum absolute atomic E-state index is 12.8. The molecule has 1 N–H and O–H groups in total. The van der Waals surface area contributed by atoms with Crippen molar-refractivity contribution in [2.75, 3.05) is 18.4 Å². The lowest BCUT2D eigenvalue weighted by Crippen LogP contribution is -2.31.